The maximum atomic E-state index is 13.7. The Hall–Kier alpha value is -0.570. The van der Waals surface area contributed by atoms with Gasteiger partial charge in [0.25, 0.3) is 0 Å². The largest absolute Gasteiger partial charge is 0.392 e. The number of aliphatic hydroxyl groups is 1. The predicted octanol–water partition coefficient (Wildman–Crippen LogP) is 2.17. The summed E-state index contributed by atoms with van der Waals surface area (Å²) in [5.41, 5.74) is -0.629. The molecule has 8 heteroatoms. The van der Waals surface area contributed by atoms with Crippen molar-refractivity contribution in [2.24, 2.45) is 5.41 Å². The van der Waals surface area contributed by atoms with Gasteiger partial charge < -0.3 is 5.11 Å². The first-order valence-electron chi connectivity index (χ1n) is 5.90. The highest BCUT2D eigenvalue weighted by Crippen LogP contribution is 2.41. The van der Waals surface area contributed by atoms with E-state index in [0.717, 1.165) is 6.07 Å². The SMILES string of the molecule is CC1(C)C(O)CC1NS(=O)(=O)c1c(F)cc(F)cc1Br. The van der Waals surface area contributed by atoms with E-state index in [-0.39, 0.29) is 10.9 Å². The first-order valence-corrected chi connectivity index (χ1v) is 8.18. The van der Waals surface area contributed by atoms with Crippen molar-refractivity contribution >= 4 is 26.0 Å². The summed E-state index contributed by atoms with van der Waals surface area (Å²) in [7, 11) is -4.14. The van der Waals surface area contributed by atoms with Crippen LogP contribution in [0.1, 0.15) is 20.3 Å². The summed E-state index contributed by atoms with van der Waals surface area (Å²) in [6.45, 7) is 3.43. The summed E-state index contributed by atoms with van der Waals surface area (Å²) in [5.74, 6) is -2.03. The Morgan fingerprint density at radius 1 is 1.40 bits per heavy atom. The van der Waals surface area contributed by atoms with Crippen LogP contribution in [0.2, 0.25) is 0 Å². The number of aliphatic hydroxyl groups excluding tert-OH is 1. The van der Waals surface area contributed by atoms with E-state index < -0.39 is 44.1 Å². The molecule has 0 radical (unpaired) electrons. The van der Waals surface area contributed by atoms with Crippen LogP contribution >= 0.6 is 15.9 Å². The highest BCUT2D eigenvalue weighted by atomic mass is 79.9. The molecule has 1 aromatic carbocycles. The minimum atomic E-state index is -4.14. The third-order valence-corrected chi connectivity index (χ3v) is 6.18. The van der Waals surface area contributed by atoms with Crippen molar-refractivity contribution in [1.82, 2.24) is 4.72 Å². The minimum absolute atomic E-state index is 0.180. The highest BCUT2D eigenvalue weighted by Gasteiger charge is 2.49. The second-order valence-electron chi connectivity index (χ2n) is 5.45. The fourth-order valence-corrected chi connectivity index (χ4v) is 4.71. The third-order valence-electron chi connectivity index (χ3n) is 3.75. The van der Waals surface area contributed by atoms with E-state index in [2.05, 4.69) is 20.7 Å². The van der Waals surface area contributed by atoms with Crippen molar-refractivity contribution in [2.75, 3.05) is 0 Å². The standard InChI is InChI=1S/C12H14BrF2NO3S/c1-12(2)9(5-10(12)17)16-20(18,19)11-7(13)3-6(14)4-8(11)15/h3-4,9-10,16-17H,5H2,1-2H3. The number of halogens is 3. The zero-order valence-electron chi connectivity index (χ0n) is 10.8. The fraction of sp³-hybridized carbons (Fsp3) is 0.500. The predicted molar refractivity (Wildman–Crippen MR) is 72.6 cm³/mol. The van der Waals surface area contributed by atoms with E-state index in [1.54, 1.807) is 13.8 Å². The molecule has 112 valence electrons. The van der Waals surface area contributed by atoms with Crippen LogP contribution in [0.25, 0.3) is 0 Å². The first-order chi connectivity index (χ1) is 9.05. The molecule has 2 rings (SSSR count). The summed E-state index contributed by atoms with van der Waals surface area (Å²) in [6.07, 6.45) is -0.358. The molecule has 4 nitrogen and oxygen atoms in total. The molecular weight excluding hydrogens is 356 g/mol. The van der Waals surface area contributed by atoms with Crippen LogP contribution < -0.4 is 4.72 Å². The molecule has 0 amide bonds. The van der Waals surface area contributed by atoms with Crippen molar-refractivity contribution in [2.45, 2.75) is 37.3 Å². The molecule has 0 saturated heterocycles. The van der Waals surface area contributed by atoms with Gasteiger partial charge in [-0.25, -0.2) is 21.9 Å². The molecule has 2 atom stereocenters. The fourth-order valence-electron chi connectivity index (χ4n) is 2.13. The van der Waals surface area contributed by atoms with Gasteiger partial charge in [-0.3, -0.25) is 0 Å². The van der Waals surface area contributed by atoms with Crippen molar-refractivity contribution in [3.8, 4) is 0 Å². The molecular formula is C12H14BrF2NO3S. The van der Waals surface area contributed by atoms with Crippen LogP contribution in [0.4, 0.5) is 8.78 Å². The molecule has 1 fully saturated rings. The van der Waals surface area contributed by atoms with Crippen LogP contribution in [0.5, 0.6) is 0 Å². The lowest BCUT2D eigenvalue weighted by Gasteiger charge is -2.49. The quantitative estimate of drug-likeness (QED) is 0.857. The number of nitrogens with one attached hydrogen (secondary N) is 1. The van der Waals surface area contributed by atoms with Crippen LogP contribution in [-0.4, -0.2) is 25.7 Å². The Morgan fingerprint density at radius 3 is 2.45 bits per heavy atom. The number of hydrogen-bond donors (Lipinski definition) is 2. The molecule has 1 saturated carbocycles. The van der Waals surface area contributed by atoms with Crippen molar-refractivity contribution < 1.29 is 22.3 Å². The molecule has 0 aliphatic heterocycles. The monoisotopic (exact) mass is 369 g/mol. The van der Waals surface area contributed by atoms with Gasteiger partial charge in [-0.2, -0.15) is 0 Å². The van der Waals surface area contributed by atoms with Gasteiger partial charge in [0, 0.05) is 22.0 Å². The molecule has 0 bridgehead atoms. The van der Waals surface area contributed by atoms with Crippen LogP contribution in [-0.2, 0) is 10.0 Å². The third kappa shape index (κ3) is 2.61. The average molecular weight is 370 g/mol. The van der Waals surface area contributed by atoms with E-state index in [9.17, 15) is 22.3 Å². The molecule has 2 N–H and O–H groups in total. The maximum absolute atomic E-state index is 13.7. The normalized spacial score (nSPS) is 25.3. The van der Waals surface area contributed by atoms with Gasteiger partial charge in [0.2, 0.25) is 10.0 Å². The summed E-state index contributed by atoms with van der Waals surface area (Å²) < 4.78 is 53.3. The van der Waals surface area contributed by atoms with E-state index >= 15 is 0 Å². The second-order valence-corrected chi connectivity index (χ2v) is 7.95. The number of rotatable bonds is 3. The average Bonchev–Trinajstić information content (AvgIpc) is 2.26. The summed E-state index contributed by atoms with van der Waals surface area (Å²) in [6, 6.07) is 0.900. The molecule has 0 spiro atoms. The van der Waals surface area contributed by atoms with E-state index in [1.807, 2.05) is 0 Å². The number of hydrogen-bond acceptors (Lipinski definition) is 3. The van der Waals surface area contributed by atoms with Gasteiger partial charge in [-0.05, 0) is 28.4 Å². The van der Waals surface area contributed by atoms with Crippen molar-refractivity contribution in [3.05, 3.63) is 28.2 Å². The Labute approximate surface area is 124 Å². The van der Waals surface area contributed by atoms with Crippen molar-refractivity contribution in [1.29, 1.82) is 0 Å². The Morgan fingerprint density at radius 2 is 2.00 bits per heavy atom. The molecule has 1 aliphatic carbocycles. The molecule has 20 heavy (non-hydrogen) atoms. The van der Waals surface area contributed by atoms with Gasteiger partial charge in [-0.1, -0.05) is 13.8 Å². The van der Waals surface area contributed by atoms with Gasteiger partial charge in [0.15, 0.2) is 0 Å². The molecule has 0 aromatic heterocycles. The van der Waals surface area contributed by atoms with Gasteiger partial charge in [0.05, 0.1) is 6.10 Å². The highest BCUT2D eigenvalue weighted by molar-refractivity contribution is 9.10. The lowest BCUT2D eigenvalue weighted by Crippen LogP contribution is -2.61. The van der Waals surface area contributed by atoms with Gasteiger partial charge in [0.1, 0.15) is 16.5 Å². The van der Waals surface area contributed by atoms with Gasteiger partial charge in [-0.15, -0.1) is 0 Å². The van der Waals surface area contributed by atoms with Gasteiger partial charge >= 0.3 is 0 Å². The van der Waals surface area contributed by atoms with Crippen LogP contribution in [0, 0.1) is 17.0 Å². The number of sulfonamides is 1. The Kier molecular flexibility index (Phi) is 3.96. The first kappa shape index (κ1) is 15.8. The molecule has 0 heterocycles. The van der Waals surface area contributed by atoms with Crippen LogP contribution in [0.3, 0.4) is 0 Å². The van der Waals surface area contributed by atoms with E-state index in [4.69, 9.17) is 0 Å². The van der Waals surface area contributed by atoms with E-state index in [0.29, 0.717) is 6.07 Å². The Balaban J connectivity index is 2.33. The van der Waals surface area contributed by atoms with E-state index in [1.165, 1.54) is 0 Å². The smallest absolute Gasteiger partial charge is 0.244 e. The molecule has 1 aromatic rings. The van der Waals surface area contributed by atoms with Crippen LogP contribution in [0.15, 0.2) is 21.5 Å². The molecule has 1 aliphatic rings. The molecule has 2 unspecified atom stereocenters. The lowest BCUT2D eigenvalue weighted by molar-refractivity contribution is -0.0645. The maximum Gasteiger partial charge on any atom is 0.244 e. The minimum Gasteiger partial charge on any atom is -0.392 e. The zero-order chi connectivity index (χ0) is 15.3. The topological polar surface area (TPSA) is 66.4 Å². The second kappa shape index (κ2) is 5.01. The summed E-state index contributed by atoms with van der Waals surface area (Å²) in [4.78, 5) is -0.629. The lowest BCUT2D eigenvalue weighted by atomic mass is 9.65. The Bertz CT molecular complexity index is 625. The zero-order valence-corrected chi connectivity index (χ0v) is 13.2. The number of benzene rings is 1. The summed E-state index contributed by atoms with van der Waals surface area (Å²) in [5, 5.41) is 9.59. The summed E-state index contributed by atoms with van der Waals surface area (Å²) >= 11 is 2.86. The van der Waals surface area contributed by atoms with Crippen molar-refractivity contribution in [3.63, 3.8) is 0 Å².